The zero-order valence-electron chi connectivity index (χ0n) is 12.8. The van der Waals surface area contributed by atoms with Gasteiger partial charge in [0.05, 0.1) is 0 Å². The fourth-order valence-corrected chi connectivity index (χ4v) is 3.50. The Bertz CT molecular complexity index is 529. The highest BCUT2D eigenvalue weighted by Gasteiger charge is 2.39. The average Bonchev–Trinajstić information content (AvgIpc) is 3.24. The zero-order valence-corrected chi connectivity index (χ0v) is 13.6. The van der Waals surface area contributed by atoms with E-state index >= 15 is 0 Å². The van der Waals surface area contributed by atoms with Crippen LogP contribution in [0.5, 0.6) is 0 Å². The van der Waals surface area contributed by atoms with E-state index in [-0.39, 0.29) is 0 Å². The van der Waals surface area contributed by atoms with Crippen molar-refractivity contribution in [2.75, 3.05) is 20.1 Å². The monoisotopic (exact) mass is 305 g/mol. The van der Waals surface area contributed by atoms with E-state index in [4.69, 9.17) is 11.6 Å². The van der Waals surface area contributed by atoms with Crippen LogP contribution < -0.4 is 5.32 Å². The van der Waals surface area contributed by atoms with Gasteiger partial charge in [0, 0.05) is 37.1 Å². The molecule has 0 radical (unpaired) electrons. The van der Waals surface area contributed by atoms with Crippen molar-refractivity contribution < 1.29 is 0 Å². The summed E-state index contributed by atoms with van der Waals surface area (Å²) in [5, 5.41) is 4.46. The van der Waals surface area contributed by atoms with Crippen LogP contribution in [0.1, 0.15) is 37.7 Å². The summed E-state index contributed by atoms with van der Waals surface area (Å²) in [7, 11) is 1.89. The minimum absolute atomic E-state index is 0.499. The molecule has 0 amide bonds. The van der Waals surface area contributed by atoms with Gasteiger partial charge in [-0.15, -0.1) is 0 Å². The van der Waals surface area contributed by atoms with E-state index in [2.05, 4.69) is 34.3 Å². The van der Waals surface area contributed by atoms with Crippen molar-refractivity contribution in [2.45, 2.75) is 38.1 Å². The molecule has 0 spiro atoms. The van der Waals surface area contributed by atoms with Crippen LogP contribution in [0.25, 0.3) is 0 Å². The molecule has 1 aliphatic heterocycles. The lowest BCUT2D eigenvalue weighted by molar-refractivity contribution is 0.265. The summed E-state index contributed by atoms with van der Waals surface area (Å²) in [6.07, 6.45) is 3.77. The van der Waals surface area contributed by atoms with Gasteiger partial charge in [0.2, 0.25) is 0 Å². The molecular weight excluding hydrogens is 282 g/mol. The third-order valence-electron chi connectivity index (χ3n) is 4.55. The van der Waals surface area contributed by atoms with Crippen molar-refractivity contribution in [3.63, 3.8) is 0 Å². The van der Waals surface area contributed by atoms with Crippen molar-refractivity contribution in [1.29, 1.82) is 0 Å². The Hall–Kier alpha value is -1.22. The van der Waals surface area contributed by atoms with Crippen LogP contribution in [-0.2, 0) is 0 Å². The summed E-state index contributed by atoms with van der Waals surface area (Å²) in [5.41, 5.74) is 1.34. The number of halogens is 1. The molecule has 2 fully saturated rings. The number of rotatable bonds is 2. The molecule has 3 rings (SSSR count). The predicted octanol–water partition coefficient (Wildman–Crippen LogP) is 3.50. The molecule has 21 heavy (non-hydrogen) atoms. The van der Waals surface area contributed by atoms with E-state index in [0.29, 0.717) is 12.0 Å². The molecule has 1 heterocycles. The molecule has 3 atom stereocenters. The van der Waals surface area contributed by atoms with Crippen molar-refractivity contribution in [3.8, 4) is 0 Å². The van der Waals surface area contributed by atoms with Crippen molar-refractivity contribution in [1.82, 2.24) is 10.2 Å². The van der Waals surface area contributed by atoms with Gasteiger partial charge in [-0.25, -0.2) is 0 Å². The number of aliphatic imine (C=N–C) groups is 1. The third-order valence-corrected chi connectivity index (χ3v) is 4.79. The largest absolute Gasteiger partial charge is 0.353 e. The van der Waals surface area contributed by atoms with Gasteiger partial charge in [0.25, 0.3) is 0 Å². The number of nitrogens with one attached hydrogen (secondary N) is 1. The summed E-state index contributed by atoms with van der Waals surface area (Å²) in [4.78, 5) is 6.88. The highest BCUT2D eigenvalue weighted by atomic mass is 35.5. The summed E-state index contributed by atoms with van der Waals surface area (Å²) in [6, 6.07) is 8.72. The molecular formula is C17H24ClN3. The van der Waals surface area contributed by atoms with Crippen LogP contribution in [0.15, 0.2) is 29.3 Å². The molecule has 0 aromatic heterocycles. The van der Waals surface area contributed by atoms with Crippen molar-refractivity contribution in [2.24, 2.45) is 10.9 Å². The van der Waals surface area contributed by atoms with E-state index in [1.54, 1.807) is 0 Å². The molecule has 114 valence electrons. The van der Waals surface area contributed by atoms with Crippen molar-refractivity contribution in [3.05, 3.63) is 34.9 Å². The number of hydrogen-bond acceptors (Lipinski definition) is 1. The highest BCUT2D eigenvalue weighted by molar-refractivity contribution is 6.30. The highest BCUT2D eigenvalue weighted by Crippen LogP contribution is 2.41. The molecule has 1 aromatic rings. The lowest BCUT2D eigenvalue weighted by atomic mass is 10.0. The van der Waals surface area contributed by atoms with Gasteiger partial charge < -0.3 is 10.2 Å². The third kappa shape index (κ3) is 3.52. The maximum atomic E-state index is 6.08. The van der Waals surface area contributed by atoms with Crippen LogP contribution in [0.4, 0.5) is 0 Å². The summed E-state index contributed by atoms with van der Waals surface area (Å²) in [6.45, 7) is 4.57. The van der Waals surface area contributed by atoms with Crippen LogP contribution >= 0.6 is 11.6 Å². The van der Waals surface area contributed by atoms with Crippen LogP contribution in [-0.4, -0.2) is 37.0 Å². The second-order valence-electron chi connectivity index (χ2n) is 6.39. The molecule has 2 aliphatic rings. The predicted molar refractivity (Wildman–Crippen MR) is 89.1 cm³/mol. The number of nitrogens with zero attached hydrogens (tertiary/aromatic N) is 2. The first-order valence-corrected chi connectivity index (χ1v) is 8.29. The molecule has 1 aliphatic carbocycles. The van der Waals surface area contributed by atoms with E-state index in [0.717, 1.165) is 30.0 Å². The smallest absolute Gasteiger partial charge is 0.193 e. The van der Waals surface area contributed by atoms with E-state index < -0.39 is 0 Å². The number of guanidine groups is 1. The Balaban J connectivity index is 1.59. The second-order valence-corrected chi connectivity index (χ2v) is 6.83. The van der Waals surface area contributed by atoms with Crippen molar-refractivity contribution >= 4 is 17.6 Å². The maximum Gasteiger partial charge on any atom is 0.193 e. The average molecular weight is 306 g/mol. The zero-order chi connectivity index (χ0) is 14.8. The Morgan fingerprint density at radius 1 is 1.43 bits per heavy atom. The quantitative estimate of drug-likeness (QED) is 0.669. The molecule has 3 unspecified atom stereocenters. The molecule has 3 nitrogen and oxygen atoms in total. The van der Waals surface area contributed by atoms with E-state index in [9.17, 15) is 0 Å². The van der Waals surface area contributed by atoms with Crippen LogP contribution in [0.2, 0.25) is 5.02 Å². The Labute approximate surface area is 132 Å². The number of likely N-dealkylation sites (tertiary alicyclic amines) is 1. The van der Waals surface area contributed by atoms with Gasteiger partial charge in [-0.2, -0.15) is 0 Å². The molecule has 1 saturated heterocycles. The van der Waals surface area contributed by atoms with E-state index in [1.807, 2.05) is 19.2 Å². The number of piperidine rings is 1. The molecule has 4 heteroatoms. The molecule has 1 N–H and O–H groups in total. The van der Waals surface area contributed by atoms with Gasteiger partial charge in [0.15, 0.2) is 5.96 Å². The van der Waals surface area contributed by atoms with Gasteiger partial charge in [0.1, 0.15) is 0 Å². The van der Waals surface area contributed by atoms with Crippen LogP contribution in [0, 0.1) is 5.92 Å². The fraction of sp³-hybridized carbons (Fsp3) is 0.588. The Kier molecular flexibility index (Phi) is 4.39. The minimum Gasteiger partial charge on any atom is -0.353 e. The molecule has 0 bridgehead atoms. The van der Waals surface area contributed by atoms with Crippen LogP contribution in [0.3, 0.4) is 0 Å². The maximum absolute atomic E-state index is 6.08. The first-order chi connectivity index (χ1) is 10.2. The normalized spacial score (nSPS) is 29.4. The first-order valence-electron chi connectivity index (χ1n) is 7.91. The molecule has 1 saturated carbocycles. The molecule has 1 aromatic carbocycles. The van der Waals surface area contributed by atoms with Gasteiger partial charge in [-0.1, -0.05) is 30.7 Å². The standard InChI is InChI=1S/C17H24ClN3/c1-12-5-4-8-21(11-12)17(19-2)20-16-10-15(16)13-6-3-7-14(18)9-13/h3,6-7,9,12,15-16H,4-5,8,10-11H2,1-2H3,(H,19,20). The SMILES string of the molecule is CN=C(NC1CC1c1cccc(Cl)c1)N1CCCC(C)C1. The summed E-state index contributed by atoms with van der Waals surface area (Å²) >= 11 is 6.08. The van der Waals surface area contributed by atoms with Gasteiger partial charge in [-0.05, 0) is 42.9 Å². The number of benzene rings is 1. The Morgan fingerprint density at radius 2 is 2.29 bits per heavy atom. The summed E-state index contributed by atoms with van der Waals surface area (Å²) < 4.78 is 0. The van der Waals surface area contributed by atoms with E-state index in [1.165, 1.54) is 24.8 Å². The number of hydrogen-bond donors (Lipinski definition) is 1. The minimum atomic E-state index is 0.499. The van der Waals surface area contributed by atoms with Gasteiger partial charge in [-0.3, -0.25) is 4.99 Å². The lowest BCUT2D eigenvalue weighted by Crippen LogP contribution is -2.47. The first kappa shape index (κ1) is 14.7. The Morgan fingerprint density at radius 3 is 3.00 bits per heavy atom. The summed E-state index contributed by atoms with van der Waals surface area (Å²) in [5.74, 6) is 2.40. The van der Waals surface area contributed by atoms with Gasteiger partial charge >= 0.3 is 0 Å². The second kappa shape index (κ2) is 6.27. The fourth-order valence-electron chi connectivity index (χ4n) is 3.31. The topological polar surface area (TPSA) is 27.6 Å². The lowest BCUT2D eigenvalue weighted by Gasteiger charge is -2.33.